The number of para-hydroxylation sites is 1. The lowest BCUT2D eigenvalue weighted by Gasteiger charge is -2.16. The first-order valence-corrected chi connectivity index (χ1v) is 5.10. The molecule has 0 unspecified atom stereocenters. The maximum absolute atomic E-state index is 11.7. The number of hydrogen-bond donors (Lipinski definition) is 0. The lowest BCUT2D eigenvalue weighted by Crippen LogP contribution is -2.15. The van der Waals surface area contributed by atoms with Crippen molar-refractivity contribution in [1.29, 1.82) is 0 Å². The first-order chi connectivity index (χ1) is 7.16. The van der Waals surface area contributed by atoms with Crippen molar-refractivity contribution < 1.29 is 9.53 Å². The maximum atomic E-state index is 11.7. The van der Waals surface area contributed by atoms with E-state index in [2.05, 4.69) is 0 Å². The van der Waals surface area contributed by atoms with Gasteiger partial charge in [-0.3, -0.25) is 0 Å². The molecule has 1 aromatic carbocycles. The summed E-state index contributed by atoms with van der Waals surface area (Å²) in [4.78, 5) is 13.6. The van der Waals surface area contributed by atoms with E-state index >= 15 is 0 Å². The van der Waals surface area contributed by atoms with Gasteiger partial charge in [0.2, 0.25) is 0 Å². The number of carbonyl (C=O) groups is 1. The van der Waals surface area contributed by atoms with Crippen LogP contribution >= 0.6 is 0 Å². The normalized spacial score (nSPS) is 9.80. The van der Waals surface area contributed by atoms with Crippen LogP contribution in [-0.2, 0) is 4.74 Å². The molecule has 0 aliphatic heterocycles. The van der Waals surface area contributed by atoms with Gasteiger partial charge in [0.05, 0.1) is 17.9 Å². The van der Waals surface area contributed by atoms with Gasteiger partial charge in [0, 0.05) is 14.1 Å². The van der Waals surface area contributed by atoms with E-state index in [1.165, 1.54) is 0 Å². The maximum Gasteiger partial charge on any atom is 0.340 e. The quantitative estimate of drug-likeness (QED) is 0.710. The lowest BCUT2D eigenvalue weighted by molar-refractivity contribution is 0.0506. The van der Waals surface area contributed by atoms with Crippen molar-refractivity contribution in [3.05, 3.63) is 29.8 Å². The molecule has 0 fully saturated rings. The molecule has 0 N–H and O–H groups in total. The Bertz CT molecular complexity index is 334. The van der Waals surface area contributed by atoms with Crippen LogP contribution < -0.4 is 4.90 Å². The molecule has 0 heterocycles. The zero-order chi connectivity index (χ0) is 11.3. The van der Waals surface area contributed by atoms with Crippen molar-refractivity contribution in [3.63, 3.8) is 0 Å². The monoisotopic (exact) mass is 207 g/mol. The Labute approximate surface area is 90.7 Å². The predicted octanol–water partition coefficient (Wildman–Crippen LogP) is 2.32. The Hall–Kier alpha value is -1.51. The Morgan fingerprint density at radius 3 is 2.60 bits per heavy atom. The molecule has 15 heavy (non-hydrogen) atoms. The van der Waals surface area contributed by atoms with Crippen molar-refractivity contribution >= 4 is 11.7 Å². The average Bonchev–Trinajstić information content (AvgIpc) is 2.25. The minimum Gasteiger partial charge on any atom is -0.462 e. The zero-order valence-corrected chi connectivity index (χ0v) is 9.49. The molecule has 0 spiro atoms. The van der Waals surface area contributed by atoms with Crippen LogP contribution in [-0.4, -0.2) is 26.7 Å². The summed E-state index contributed by atoms with van der Waals surface area (Å²) in [5, 5.41) is 0. The van der Waals surface area contributed by atoms with E-state index in [9.17, 15) is 4.79 Å². The highest BCUT2D eigenvalue weighted by molar-refractivity contribution is 5.95. The predicted molar refractivity (Wildman–Crippen MR) is 61.3 cm³/mol. The fourth-order valence-corrected chi connectivity index (χ4v) is 1.31. The van der Waals surface area contributed by atoms with Crippen molar-refractivity contribution in [3.8, 4) is 0 Å². The van der Waals surface area contributed by atoms with E-state index in [0.717, 1.165) is 12.1 Å². The number of carbonyl (C=O) groups excluding carboxylic acids is 1. The van der Waals surface area contributed by atoms with Crippen LogP contribution in [0.15, 0.2) is 24.3 Å². The van der Waals surface area contributed by atoms with E-state index in [-0.39, 0.29) is 5.97 Å². The summed E-state index contributed by atoms with van der Waals surface area (Å²) in [5.74, 6) is -0.249. The van der Waals surface area contributed by atoms with Crippen LogP contribution in [0.5, 0.6) is 0 Å². The summed E-state index contributed by atoms with van der Waals surface area (Å²) in [6, 6.07) is 7.44. The van der Waals surface area contributed by atoms with Gasteiger partial charge in [-0.25, -0.2) is 4.79 Å². The van der Waals surface area contributed by atoms with Gasteiger partial charge >= 0.3 is 5.97 Å². The summed E-state index contributed by atoms with van der Waals surface area (Å²) in [5.41, 5.74) is 1.51. The number of benzene rings is 1. The molecule has 0 aliphatic carbocycles. The van der Waals surface area contributed by atoms with Gasteiger partial charge in [0.25, 0.3) is 0 Å². The number of rotatable bonds is 4. The fourth-order valence-electron chi connectivity index (χ4n) is 1.31. The summed E-state index contributed by atoms with van der Waals surface area (Å²) in [7, 11) is 3.82. The van der Waals surface area contributed by atoms with Gasteiger partial charge in [-0.1, -0.05) is 19.1 Å². The van der Waals surface area contributed by atoms with Gasteiger partial charge in [-0.15, -0.1) is 0 Å². The molecule has 0 aliphatic rings. The standard InChI is InChI=1S/C12H17NO2/c1-4-9-15-12(14)10-7-5-6-8-11(10)13(2)3/h5-8H,4,9H2,1-3H3. The van der Waals surface area contributed by atoms with Gasteiger partial charge < -0.3 is 9.64 Å². The molecule has 0 amide bonds. The number of ether oxygens (including phenoxy) is 1. The second-order valence-electron chi connectivity index (χ2n) is 3.55. The molecule has 0 saturated heterocycles. The topological polar surface area (TPSA) is 29.5 Å². The van der Waals surface area contributed by atoms with Crippen molar-refractivity contribution in [2.75, 3.05) is 25.6 Å². The van der Waals surface area contributed by atoms with Crippen molar-refractivity contribution in [2.24, 2.45) is 0 Å². The lowest BCUT2D eigenvalue weighted by atomic mass is 10.1. The fraction of sp³-hybridized carbons (Fsp3) is 0.417. The zero-order valence-electron chi connectivity index (χ0n) is 9.49. The molecule has 0 radical (unpaired) electrons. The number of hydrogen-bond acceptors (Lipinski definition) is 3. The van der Waals surface area contributed by atoms with E-state index in [1.54, 1.807) is 6.07 Å². The van der Waals surface area contributed by atoms with Crippen LogP contribution in [0.3, 0.4) is 0 Å². The third-order valence-electron chi connectivity index (χ3n) is 2.04. The molecule has 0 bridgehead atoms. The molecule has 0 atom stereocenters. The number of anilines is 1. The minimum absolute atomic E-state index is 0.249. The highest BCUT2D eigenvalue weighted by atomic mass is 16.5. The largest absolute Gasteiger partial charge is 0.462 e. The van der Waals surface area contributed by atoms with Gasteiger partial charge in [0.15, 0.2) is 0 Å². The second-order valence-corrected chi connectivity index (χ2v) is 3.55. The summed E-state index contributed by atoms with van der Waals surface area (Å²) in [6.07, 6.45) is 0.843. The third kappa shape index (κ3) is 2.98. The van der Waals surface area contributed by atoms with Gasteiger partial charge in [0.1, 0.15) is 0 Å². The third-order valence-corrected chi connectivity index (χ3v) is 2.04. The summed E-state index contributed by atoms with van der Waals surface area (Å²) >= 11 is 0. The van der Waals surface area contributed by atoms with E-state index in [1.807, 2.05) is 44.1 Å². The van der Waals surface area contributed by atoms with E-state index < -0.39 is 0 Å². The molecule has 3 nitrogen and oxygen atoms in total. The summed E-state index contributed by atoms with van der Waals surface area (Å²) < 4.78 is 5.10. The number of nitrogens with zero attached hydrogens (tertiary/aromatic N) is 1. The Morgan fingerprint density at radius 2 is 2.00 bits per heavy atom. The molecule has 0 aromatic heterocycles. The average molecular weight is 207 g/mol. The highest BCUT2D eigenvalue weighted by Gasteiger charge is 2.12. The molecule has 1 aromatic rings. The molecule has 82 valence electrons. The van der Waals surface area contributed by atoms with Crippen molar-refractivity contribution in [2.45, 2.75) is 13.3 Å². The first kappa shape index (κ1) is 11.6. The smallest absolute Gasteiger partial charge is 0.340 e. The van der Waals surface area contributed by atoms with Crippen LogP contribution in [0.2, 0.25) is 0 Å². The Kier molecular flexibility index (Phi) is 4.16. The van der Waals surface area contributed by atoms with E-state index in [0.29, 0.717) is 12.2 Å². The minimum atomic E-state index is -0.249. The first-order valence-electron chi connectivity index (χ1n) is 5.10. The SMILES string of the molecule is CCCOC(=O)c1ccccc1N(C)C. The Morgan fingerprint density at radius 1 is 1.33 bits per heavy atom. The van der Waals surface area contributed by atoms with Crippen LogP contribution in [0, 0.1) is 0 Å². The highest BCUT2D eigenvalue weighted by Crippen LogP contribution is 2.18. The molecule has 1 rings (SSSR count). The van der Waals surface area contributed by atoms with Crippen LogP contribution in [0.25, 0.3) is 0 Å². The van der Waals surface area contributed by atoms with Crippen LogP contribution in [0.4, 0.5) is 5.69 Å². The summed E-state index contributed by atoms with van der Waals surface area (Å²) in [6.45, 7) is 2.45. The molecular weight excluding hydrogens is 190 g/mol. The molecule has 0 saturated carbocycles. The molecular formula is C12H17NO2. The molecule has 3 heteroatoms. The van der Waals surface area contributed by atoms with Gasteiger partial charge in [-0.2, -0.15) is 0 Å². The second kappa shape index (κ2) is 5.39. The van der Waals surface area contributed by atoms with Crippen LogP contribution in [0.1, 0.15) is 23.7 Å². The Balaban J connectivity index is 2.87. The van der Waals surface area contributed by atoms with Gasteiger partial charge in [-0.05, 0) is 18.6 Å². The van der Waals surface area contributed by atoms with Crippen molar-refractivity contribution in [1.82, 2.24) is 0 Å². The van der Waals surface area contributed by atoms with E-state index in [4.69, 9.17) is 4.74 Å². The number of esters is 1.